The molecule has 1 heterocycles. The maximum Gasteiger partial charge on any atom is 0.573 e. The number of anilines is 1. The number of halogens is 4. The van der Waals surface area contributed by atoms with E-state index in [-0.39, 0.29) is 18.0 Å². The Morgan fingerprint density at radius 1 is 1.40 bits per heavy atom. The molecule has 1 N–H and O–H groups in total. The van der Waals surface area contributed by atoms with Crippen LogP contribution in [0, 0.1) is 0 Å². The van der Waals surface area contributed by atoms with Gasteiger partial charge in [-0.25, -0.2) is 0 Å². The van der Waals surface area contributed by atoms with Crippen LogP contribution < -0.4 is 10.1 Å². The molecule has 5 nitrogen and oxygen atoms in total. The number of nitrogens with one attached hydrogen (secondary N) is 1. The minimum atomic E-state index is -4.75. The summed E-state index contributed by atoms with van der Waals surface area (Å²) in [5.74, 6) is -0.309. The molecule has 0 saturated heterocycles. The van der Waals surface area contributed by atoms with Crippen LogP contribution in [0.25, 0.3) is 0 Å². The summed E-state index contributed by atoms with van der Waals surface area (Å²) in [6.07, 6.45) is -3.08. The van der Waals surface area contributed by atoms with Gasteiger partial charge in [-0.1, -0.05) is 21.1 Å². The zero-order valence-electron chi connectivity index (χ0n) is 10.3. The van der Waals surface area contributed by atoms with E-state index in [2.05, 4.69) is 36.3 Å². The second-order valence-electron chi connectivity index (χ2n) is 3.93. The van der Waals surface area contributed by atoms with Gasteiger partial charge in [-0.05, 0) is 18.2 Å². The van der Waals surface area contributed by atoms with Gasteiger partial charge in [-0.2, -0.15) is 0 Å². The topological polar surface area (TPSA) is 52.0 Å². The lowest BCUT2D eigenvalue weighted by molar-refractivity contribution is -0.274. The van der Waals surface area contributed by atoms with Crippen molar-refractivity contribution in [1.82, 2.24) is 15.0 Å². The van der Waals surface area contributed by atoms with E-state index in [0.717, 1.165) is 0 Å². The summed E-state index contributed by atoms with van der Waals surface area (Å²) >= 11 is 3.10. The molecule has 0 spiro atoms. The van der Waals surface area contributed by atoms with Gasteiger partial charge in [0.25, 0.3) is 0 Å². The van der Waals surface area contributed by atoms with E-state index >= 15 is 0 Å². The number of benzene rings is 1. The fraction of sp³-hybridized carbons (Fsp3) is 0.273. The number of hydrogen-bond acceptors (Lipinski definition) is 4. The van der Waals surface area contributed by atoms with E-state index in [0.29, 0.717) is 10.2 Å². The van der Waals surface area contributed by atoms with E-state index < -0.39 is 6.36 Å². The Balaban J connectivity index is 2.14. The Bertz CT molecular complexity index is 600. The smallest absolute Gasteiger partial charge is 0.404 e. The number of alkyl halides is 3. The monoisotopic (exact) mass is 350 g/mol. The maximum absolute atomic E-state index is 12.3. The Kier molecular flexibility index (Phi) is 4.17. The van der Waals surface area contributed by atoms with Crippen molar-refractivity contribution >= 4 is 21.6 Å². The fourth-order valence-electron chi connectivity index (χ4n) is 1.51. The summed E-state index contributed by atoms with van der Waals surface area (Å²) in [5.41, 5.74) is 0.824. The highest BCUT2D eigenvalue weighted by Crippen LogP contribution is 2.33. The lowest BCUT2D eigenvalue weighted by atomic mass is 10.3. The van der Waals surface area contributed by atoms with E-state index in [1.165, 1.54) is 16.8 Å². The molecule has 0 unspecified atom stereocenters. The molecule has 9 heteroatoms. The van der Waals surface area contributed by atoms with Gasteiger partial charge in [-0.15, -0.1) is 18.3 Å². The number of hydrogen-bond donors (Lipinski definition) is 1. The molecule has 1 aromatic carbocycles. The summed E-state index contributed by atoms with van der Waals surface area (Å²) in [7, 11) is 1.70. The first-order valence-corrected chi connectivity index (χ1v) is 6.27. The van der Waals surface area contributed by atoms with Gasteiger partial charge in [0.1, 0.15) is 5.69 Å². The number of rotatable bonds is 4. The number of aryl methyl sites for hydroxylation is 1. The summed E-state index contributed by atoms with van der Waals surface area (Å²) in [5, 5.41) is 10.4. The molecule has 0 atom stereocenters. The Hall–Kier alpha value is -1.77. The number of ether oxygens (including phenoxy) is 1. The average molecular weight is 351 g/mol. The van der Waals surface area contributed by atoms with Gasteiger partial charge < -0.3 is 10.1 Å². The van der Waals surface area contributed by atoms with Crippen molar-refractivity contribution in [2.45, 2.75) is 12.9 Å². The first-order chi connectivity index (χ1) is 9.33. The molecule has 0 fully saturated rings. The highest BCUT2D eigenvalue weighted by molar-refractivity contribution is 9.10. The molecule has 0 aliphatic carbocycles. The average Bonchev–Trinajstić information content (AvgIpc) is 2.72. The van der Waals surface area contributed by atoms with Crippen LogP contribution in [0.4, 0.5) is 18.9 Å². The lowest BCUT2D eigenvalue weighted by Crippen LogP contribution is -2.18. The zero-order valence-corrected chi connectivity index (χ0v) is 11.9. The molecule has 0 aliphatic rings. The van der Waals surface area contributed by atoms with E-state index in [9.17, 15) is 13.2 Å². The van der Waals surface area contributed by atoms with Gasteiger partial charge in [0, 0.05) is 17.7 Å². The normalized spacial score (nSPS) is 11.4. The van der Waals surface area contributed by atoms with Gasteiger partial charge >= 0.3 is 6.36 Å². The van der Waals surface area contributed by atoms with Crippen molar-refractivity contribution < 1.29 is 17.9 Å². The van der Waals surface area contributed by atoms with E-state index in [4.69, 9.17) is 0 Å². The molecule has 0 radical (unpaired) electrons. The second-order valence-corrected chi connectivity index (χ2v) is 4.84. The fourth-order valence-corrected chi connectivity index (χ4v) is 1.85. The highest BCUT2D eigenvalue weighted by atomic mass is 79.9. The molecule has 0 amide bonds. The Morgan fingerprint density at radius 2 is 2.15 bits per heavy atom. The van der Waals surface area contributed by atoms with Crippen LogP contribution in [0.5, 0.6) is 5.75 Å². The summed E-state index contributed by atoms with van der Waals surface area (Å²) < 4.78 is 43.0. The molecule has 0 saturated carbocycles. The first kappa shape index (κ1) is 14.6. The minimum absolute atomic E-state index is 0.219. The van der Waals surface area contributed by atoms with Crippen molar-refractivity contribution in [3.63, 3.8) is 0 Å². The van der Waals surface area contributed by atoms with Gasteiger partial charge in [0.2, 0.25) is 0 Å². The quantitative estimate of drug-likeness (QED) is 0.920. The maximum atomic E-state index is 12.3. The van der Waals surface area contributed by atoms with E-state index in [1.807, 2.05) is 0 Å². The SMILES string of the molecule is Cn1cc(CNc2ccc(Br)cc2OC(F)(F)F)nn1. The predicted octanol–water partition coefficient (Wildman–Crippen LogP) is 3.09. The van der Waals surface area contributed by atoms with Crippen molar-refractivity contribution in [2.24, 2.45) is 7.05 Å². The summed E-state index contributed by atoms with van der Waals surface area (Å²) in [6, 6.07) is 4.34. The van der Waals surface area contributed by atoms with Gasteiger partial charge in [0.05, 0.1) is 12.2 Å². The van der Waals surface area contributed by atoms with Crippen LogP contribution in [0.3, 0.4) is 0 Å². The third-order valence-electron chi connectivity index (χ3n) is 2.28. The van der Waals surface area contributed by atoms with Crippen LogP contribution >= 0.6 is 15.9 Å². The first-order valence-electron chi connectivity index (χ1n) is 5.48. The molecule has 1 aromatic heterocycles. The zero-order chi connectivity index (χ0) is 14.8. The molecule has 0 bridgehead atoms. The van der Waals surface area contributed by atoms with Crippen LogP contribution in [-0.2, 0) is 13.6 Å². The third kappa shape index (κ3) is 4.12. The molecule has 0 aliphatic heterocycles. The van der Waals surface area contributed by atoms with E-state index in [1.54, 1.807) is 19.3 Å². The summed E-state index contributed by atoms with van der Waals surface area (Å²) in [4.78, 5) is 0. The van der Waals surface area contributed by atoms with Gasteiger partial charge in [-0.3, -0.25) is 4.68 Å². The Morgan fingerprint density at radius 3 is 2.75 bits per heavy atom. The standard InChI is InChI=1S/C11H10BrF3N4O/c1-19-6-8(17-18-19)5-16-9-3-2-7(12)4-10(9)20-11(13,14)15/h2-4,6,16H,5H2,1H3. The predicted molar refractivity (Wildman–Crippen MR) is 69.2 cm³/mol. The van der Waals surface area contributed by atoms with Crippen molar-refractivity contribution in [1.29, 1.82) is 0 Å². The number of aromatic nitrogens is 3. The van der Waals surface area contributed by atoms with Crippen LogP contribution in [0.1, 0.15) is 5.69 Å². The van der Waals surface area contributed by atoms with Crippen LogP contribution in [0.15, 0.2) is 28.9 Å². The Labute approximate surface area is 120 Å². The van der Waals surface area contributed by atoms with Crippen molar-refractivity contribution in [3.8, 4) is 5.75 Å². The molecule has 20 heavy (non-hydrogen) atoms. The molecule has 2 rings (SSSR count). The van der Waals surface area contributed by atoms with Gasteiger partial charge in [0.15, 0.2) is 5.75 Å². The van der Waals surface area contributed by atoms with Crippen molar-refractivity contribution in [3.05, 3.63) is 34.6 Å². The molecule has 108 valence electrons. The lowest BCUT2D eigenvalue weighted by Gasteiger charge is -2.14. The van der Waals surface area contributed by atoms with Crippen molar-refractivity contribution in [2.75, 3.05) is 5.32 Å². The third-order valence-corrected chi connectivity index (χ3v) is 2.77. The second kappa shape index (κ2) is 5.70. The largest absolute Gasteiger partial charge is 0.573 e. The molecular weight excluding hydrogens is 341 g/mol. The number of nitrogens with zero attached hydrogens (tertiary/aromatic N) is 3. The highest BCUT2D eigenvalue weighted by Gasteiger charge is 2.32. The van der Waals surface area contributed by atoms with Crippen LogP contribution in [-0.4, -0.2) is 21.4 Å². The summed E-state index contributed by atoms with van der Waals surface area (Å²) in [6.45, 7) is 0.240. The molecular formula is C11H10BrF3N4O. The molecule has 2 aromatic rings. The minimum Gasteiger partial charge on any atom is -0.404 e. The van der Waals surface area contributed by atoms with Crippen LogP contribution in [0.2, 0.25) is 0 Å².